The van der Waals surface area contributed by atoms with Crippen LogP contribution in [0.5, 0.6) is 5.75 Å². The number of anilines is 1. The van der Waals surface area contributed by atoms with Crippen LogP contribution in [0.25, 0.3) is 11.1 Å². The van der Waals surface area contributed by atoms with Crippen molar-refractivity contribution in [2.45, 2.75) is 31.7 Å². The van der Waals surface area contributed by atoms with E-state index < -0.39 is 12.2 Å². The molecule has 3 aromatic rings. The fourth-order valence-electron chi connectivity index (χ4n) is 5.05. The van der Waals surface area contributed by atoms with Crippen molar-refractivity contribution in [3.8, 4) is 16.9 Å². The van der Waals surface area contributed by atoms with E-state index in [9.17, 15) is 9.59 Å². The number of rotatable bonds is 5. The van der Waals surface area contributed by atoms with Gasteiger partial charge in [0.25, 0.3) is 0 Å². The highest BCUT2D eigenvalue weighted by Crippen LogP contribution is 2.44. The number of likely N-dealkylation sites (tertiary alicyclic amines) is 1. The van der Waals surface area contributed by atoms with E-state index in [4.69, 9.17) is 20.0 Å². The Bertz CT molecular complexity index is 1240. The molecule has 1 heterocycles. The van der Waals surface area contributed by atoms with E-state index in [1.165, 1.54) is 7.11 Å². The number of amides is 2. The molecule has 1 aliphatic carbocycles. The number of nitrogens with zero attached hydrogens (tertiary/aromatic N) is 2. The molecular weight excluding hydrogens is 470 g/mol. The molecule has 0 bridgehead atoms. The largest absolute Gasteiger partial charge is 0.495 e. The monoisotopic (exact) mass is 501 g/mol. The van der Waals surface area contributed by atoms with Gasteiger partial charge in [-0.2, -0.15) is 0 Å². The van der Waals surface area contributed by atoms with Crippen molar-refractivity contribution in [3.05, 3.63) is 83.4 Å². The van der Waals surface area contributed by atoms with Crippen LogP contribution in [0.2, 0.25) is 0 Å². The molecule has 1 saturated heterocycles. The minimum atomic E-state index is -0.733. The first kappa shape index (κ1) is 24.5. The van der Waals surface area contributed by atoms with Crippen LogP contribution in [0.1, 0.15) is 41.9 Å². The second kappa shape index (κ2) is 10.8. The fourth-order valence-corrected chi connectivity index (χ4v) is 5.05. The number of nitrogens with two attached hydrogens (primary N) is 1. The fraction of sp³-hybridized carbons (Fsp3) is 0.310. The number of ether oxygens (including phenoxy) is 2. The summed E-state index contributed by atoms with van der Waals surface area (Å²) >= 11 is 0. The summed E-state index contributed by atoms with van der Waals surface area (Å²) in [7, 11) is 1.52. The predicted molar refractivity (Wildman–Crippen MR) is 140 cm³/mol. The third-order valence-electron chi connectivity index (χ3n) is 6.97. The third kappa shape index (κ3) is 5.18. The first-order valence-electron chi connectivity index (χ1n) is 12.6. The maximum absolute atomic E-state index is 13.3. The van der Waals surface area contributed by atoms with E-state index in [1.807, 2.05) is 24.3 Å². The van der Waals surface area contributed by atoms with Crippen LogP contribution in [-0.2, 0) is 16.1 Å². The van der Waals surface area contributed by atoms with Gasteiger partial charge in [0.2, 0.25) is 0 Å². The molecule has 0 unspecified atom stereocenters. The third-order valence-corrected chi connectivity index (χ3v) is 6.97. The van der Waals surface area contributed by atoms with Crippen LogP contribution in [0.15, 0.2) is 66.7 Å². The molecule has 0 radical (unpaired) electrons. The number of carbonyl (C=O) groups is 2. The first-order valence-corrected chi connectivity index (χ1v) is 12.6. The maximum Gasteiger partial charge on any atom is 0.443 e. The minimum Gasteiger partial charge on any atom is -0.495 e. The number of fused-ring (bicyclic) bond motifs is 3. The highest BCUT2D eigenvalue weighted by atomic mass is 16.8. The standard InChI is InChI=1S/C29H31N3O5/c1-35-27-17-20(13-14-26(27)30)18-32(37-28(33)31-15-7-2-8-16-31)29(34)36-19-25-23-11-5-3-9-21(23)22-10-4-6-12-24(22)25/h3-6,9-14,17,25H,2,7-8,15-16,18-19,30H2,1H3. The van der Waals surface area contributed by atoms with E-state index in [0.717, 1.165) is 46.6 Å². The van der Waals surface area contributed by atoms with Crippen molar-refractivity contribution >= 4 is 17.9 Å². The summed E-state index contributed by atoms with van der Waals surface area (Å²) < 4.78 is 11.1. The lowest BCUT2D eigenvalue weighted by Gasteiger charge is -2.29. The highest BCUT2D eigenvalue weighted by Gasteiger charge is 2.31. The van der Waals surface area contributed by atoms with Gasteiger partial charge in [-0.1, -0.05) is 54.6 Å². The molecule has 1 fully saturated rings. The van der Waals surface area contributed by atoms with Gasteiger partial charge >= 0.3 is 12.2 Å². The molecule has 1 aliphatic heterocycles. The molecule has 0 saturated carbocycles. The smallest absolute Gasteiger partial charge is 0.443 e. The van der Waals surface area contributed by atoms with Gasteiger partial charge < -0.3 is 24.9 Å². The number of hydrogen-bond donors (Lipinski definition) is 1. The lowest BCUT2D eigenvalue weighted by atomic mass is 9.98. The summed E-state index contributed by atoms with van der Waals surface area (Å²) in [4.78, 5) is 33.4. The Kier molecular flexibility index (Phi) is 7.16. The Hall–Kier alpha value is -4.20. The summed E-state index contributed by atoms with van der Waals surface area (Å²) in [6.45, 7) is 1.32. The summed E-state index contributed by atoms with van der Waals surface area (Å²) in [5.74, 6) is 0.375. The molecule has 0 aromatic heterocycles. The van der Waals surface area contributed by atoms with Gasteiger partial charge in [0.1, 0.15) is 12.4 Å². The number of hydrogen-bond acceptors (Lipinski definition) is 6. The number of carbonyl (C=O) groups excluding carboxylic acids is 2. The van der Waals surface area contributed by atoms with E-state index in [0.29, 0.717) is 30.1 Å². The van der Waals surface area contributed by atoms with Crippen LogP contribution >= 0.6 is 0 Å². The lowest BCUT2D eigenvalue weighted by Crippen LogP contribution is -2.42. The van der Waals surface area contributed by atoms with E-state index in [2.05, 4.69) is 24.3 Å². The van der Waals surface area contributed by atoms with E-state index >= 15 is 0 Å². The van der Waals surface area contributed by atoms with Gasteiger partial charge in [-0.25, -0.2) is 9.59 Å². The Labute approximate surface area is 216 Å². The van der Waals surface area contributed by atoms with Gasteiger partial charge in [0.05, 0.1) is 19.3 Å². The quantitative estimate of drug-likeness (QED) is 0.363. The Balaban J connectivity index is 1.34. The normalized spacial score (nSPS) is 14.5. The molecule has 192 valence electrons. The molecular formula is C29H31N3O5. The molecule has 8 heteroatoms. The van der Waals surface area contributed by atoms with Crippen molar-refractivity contribution < 1.29 is 23.9 Å². The van der Waals surface area contributed by atoms with Gasteiger partial charge in [-0.3, -0.25) is 0 Å². The highest BCUT2D eigenvalue weighted by molar-refractivity contribution is 5.79. The van der Waals surface area contributed by atoms with Gasteiger partial charge in [-0.05, 0) is 59.2 Å². The van der Waals surface area contributed by atoms with Crippen molar-refractivity contribution in [2.24, 2.45) is 0 Å². The number of piperidine rings is 1. The summed E-state index contributed by atoms with van der Waals surface area (Å²) in [6.07, 6.45) is 1.61. The Morgan fingerprint density at radius 2 is 1.59 bits per heavy atom. The van der Waals surface area contributed by atoms with Crippen molar-refractivity contribution in [1.82, 2.24) is 9.96 Å². The predicted octanol–water partition coefficient (Wildman–Crippen LogP) is 5.57. The molecule has 37 heavy (non-hydrogen) atoms. The van der Waals surface area contributed by atoms with E-state index in [-0.39, 0.29) is 19.1 Å². The average molecular weight is 502 g/mol. The number of methoxy groups -OCH3 is 1. The molecule has 5 rings (SSSR count). The van der Waals surface area contributed by atoms with Crippen molar-refractivity contribution in [1.29, 1.82) is 0 Å². The number of nitrogen functional groups attached to an aromatic ring is 1. The second-order valence-corrected chi connectivity index (χ2v) is 9.32. The first-order chi connectivity index (χ1) is 18.0. The van der Waals surface area contributed by atoms with Crippen LogP contribution < -0.4 is 10.5 Å². The van der Waals surface area contributed by atoms with Crippen LogP contribution in [0.3, 0.4) is 0 Å². The van der Waals surface area contributed by atoms with Crippen LogP contribution in [0.4, 0.5) is 15.3 Å². The molecule has 0 spiro atoms. The lowest BCUT2D eigenvalue weighted by molar-refractivity contribution is -0.103. The molecule has 0 atom stereocenters. The van der Waals surface area contributed by atoms with Crippen LogP contribution in [-0.4, -0.2) is 49.0 Å². The molecule has 8 nitrogen and oxygen atoms in total. The summed E-state index contributed by atoms with van der Waals surface area (Å²) in [6, 6.07) is 21.4. The zero-order valence-electron chi connectivity index (χ0n) is 20.9. The van der Waals surface area contributed by atoms with Crippen LogP contribution in [0, 0.1) is 0 Å². The Morgan fingerprint density at radius 3 is 2.24 bits per heavy atom. The number of benzene rings is 3. The second-order valence-electron chi connectivity index (χ2n) is 9.32. The topological polar surface area (TPSA) is 94.3 Å². The van der Waals surface area contributed by atoms with E-state index in [1.54, 1.807) is 23.1 Å². The van der Waals surface area contributed by atoms with Gasteiger partial charge in [0.15, 0.2) is 0 Å². The van der Waals surface area contributed by atoms with Crippen molar-refractivity contribution in [3.63, 3.8) is 0 Å². The van der Waals surface area contributed by atoms with Gasteiger partial charge in [0, 0.05) is 19.0 Å². The molecule has 2 aliphatic rings. The maximum atomic E-state index is 13.3. The van der Waals surface area contributed by atoms with Gasteiger partial charge in [-0.15, -0.1) is 5.06 Å². The summed E-state index contributed by atoms with van der Waals surface area (Å²) in [5.41, 5.74) is 11.6. The Morgan fingerprint density at radius 1 is 0.946 bits per heavy atom. The van der Waals surface area contributed by atoms with Crippen molar-refractivity contribution in [2.75, 3.05) is 32.5 Å². The molecule has 3 aromatic carbocycles. The minimum absolute atomic E-state index is 0.00705. The molecule has 2 N–H and O–H groups in total. The summed E-state index contributed by atoms with van der Waals surface area (Å²) in [5, 5.41) is 0.981. The average Bonchev–Trinajstić information content (AvgIpc) is 3.26. The zero-order chi connectivity index (χ0) is 25.8. The number of hydroxylamine groups is 2. The molecule has 2 amide bonds. The zero-order valence-corrected chi connectivity index (χ0v) is 20.9. The SMILES string of the molecule is COc1cc(CN(OC(=O)N2CCCCC2)C(=O)OCC2c3ccccc3-c3ccccc32)ccc1N.